The van der Waals surface area contributed by atoms with Gasteiger partial charge in [0, 0.05) is 16.3 Å². The smallest absolute Gasteiger partial charge is 0.247 e. The molecule has 1 N–H and O–H groups in total. The fourth-order valence-electron chi connectivity index (χ4n) is 2.38. The number of nitrogens with zero attached hydrogens (tertiary/aromatic N) is 2. The molecule has 0 fully saturated rings. The second kappa shape index (κ2) is 7.44. The highest BCUT2D eigenvalue weighted by Gasteiger charge is 2.12. The number of halogens is 1. The lowest BCUT2D eigenvalue weighted by molar-refractivity contribution is 0.355. The van der Waals surface area contributed by atoms with Gasteiger partial charge in [-0.25, -0.2) is 0 Å². The minimum absolute atomic E-state index is 0.404. The summed E-state index contributed by atoms with van der Waals surface area (Å²) in [5, 5.41) is 12.1. The third kappa shape index (κ3) is 3.69. The molecule has 0 saturated carbocycles. The predicted molar refractivity (Wildman–Crippen MR) is 96.4 cm³/mol. The van der Waals surface area contributed by atoms with E-state index in [-0.39, 0.29) is 0 Å². The van der Waals surface area contributed by atoms with Gasteiger partial charge in [0.25, 0.3) is 0 Å². The summed E-state index contributed by atoms with van der Waals surface area (Å²) in [5.74, 6) is 2.14. The molecule has 0 aliphatic heterocycles. The van der Waals surface area contributed by atoms with E-state index in [2.05, 4.69) is 15.5 Å². The van der Waals surface area contributed by atoms with Crippen molar-refractivity contribution in [2.45, 2.75) is 13.5 Å². The molecule has 130 valence electrons. The summed E-state index contributed by atoms with van der Waals surface area (Å²) in [5.41, 5.74) is 2.66. The summed E-state index contributed by atoms with van der Waals surface area (Å²) in [6, 6.07) is 11.1. The van der Waals surface area contributed by atoms with E-state index in [0.29, 0.717) is 34.8 Å². The van der Waals surface area contributed by atoms with Crippen molar-refractivity contribution >= 4 is 17.3 Å². The van der Waals surface area contributed by atoms with Crippen LogP contribution in [0.4, 0.5) is 5.69 Å². The number of benzene rings is 2. The molecule has 0 bridgehead atoms. The Kier molecular flexibility index (Phi) is 5.09. The first-order valence-electron chi connectivity index (χ1n) is 7.66. The van der Waals surface area contributed by atoms with E-state index in [1.165, 1.54) is 0 Å². The molecule has 0 radical (unpaired) electrons. The largest absolute Gasteiger partial charge is 0.493 e. The summed E-state index contributed by atoms with van der Waals surface area (Å²) < 4.78 is 16.2. The van der Waals surface area contributed by atoms with Crippen molar-refractivity contribution in [2.24, 2.45) is 0 Å². The van der Waals surface area contributed by atoms with Crippen LogP contribution in [0, 0.1) is 6.92 Å². The van der Waals surface area contributed by atoms with Gasteiger partial charge in [-0.3, -0.25) is 0 Å². The number of methoxy groups -OCH3 is 2. The highest BCUT2D eigenvalue weighted by molar-refractivity contribution is 6.31. The Labute approximate surface area is 150 Å². The van der Waals surface area contributed by atoms with Gasteiger partial charge in [0.15, 0.2) is 11.5 Å². The highest BCUT2D eigenvalue weighted by atomic mass is 35.5. The van der Waals surface area contributed by atoms with Crippen molar-refractivity contribution in [3.05, 3.63) is 52.9 Å². The van der Waals surface area contributed by atoms with Crippen molar-refractivity contribution < 1.29 is 13.9 Å². The zero-order valence-corrected chi connectivity index (χ0v) is 14.9. The molecular formula is C18H18ClN3O3. The molecule has 3 rings (SSSR count). The van der Waals surface area contributed by atoms with Crippen molar-refractivity contribution in [3.63, 3.8) is 0 Å². The third-order valence-corrected chi connectivity index (χ3v) is 4.20. The van der Waals surface area contributed by atoms with Crippen LogP contribution in [0.15, 0.2) is 40.8 Å². The molecule has 1 aromatic heterocycles. The number of anilines is 1. The van der Waals surface area contributed by atoms with Gasteiger partial charge in [0.1, 0.15) is 0 Å². The van der Waals surface area contributed by atoms with Crippen LogP contribution in [0.1, 0.15) is 11.5 Å². The normalized spacial score (nSPS) is 10.6. The number of hydrogen-bond acceptors (Lipinski definition) is 6. The Balaban J connectivity index is 1.75. The third-order valence-electron chi connectivity index (χ3n) is 3.80. The summed E-state index contributed by atoms with van der Waals surface area (Å²) >= 11 is 6.12. The standard InChI is InChI=1S/C18H18ClN3O3/c1-11-13(19)5-4-6-14(11)20-10-17-21-22-18(25-17)12-7-8-15(23-2)16(9-12)24-3/h4-9,20H,10H2,1-3H3. The quantitative estimate of drug-likeness (QED) is 0.706. The van der Waals surface area contributed by atoms with Gasteiger partial charge in [-0.2, -0.15) is 0 Å². The lowest BCUT2D eigenvalue weighted by Gasteiger charge is -2.08. The molecule has 0 spiro atoms. The average molecular weight is 360 g/mol. The Morgan fingerprint density at radius 3 is 2.64 bits per heavy atom. The second-order valence-electron chi connectivity index (χ2n) is 5.34. The SMILES string of the molecule is COc1ccc(-c2nnc(CNc3cccc(Cl)c3C)o2)cc1OC. The topological polar surface area (TPSA) is 69.4 Å². The van der Waals surface area contributed by atoms with Gasteiger partial charge in [0.2, 0.25) is 11.8 Å². The van der Waals surface area contributed by atoms with E-state index < -0.39 is 0 Å². The maximum atomic E-state index is 6.12. The number of ether oxygens (including phenoxy) is 2. The Bertz CT molecular complexity index is 880. The van der Waals surface area contributed by atoms with Crippen LogP contribution in [0.2, 0.25) is 5.02 Å². The van der Waals surface area contributed by atoms with Crippen molar-refractivity contribution in [3.8, 4) is 23.0 Å². The minimum Gasteiger partial charge on any atom is -0.493 e. The molecule has 0 atom stereocenters. The predicted octanol–water partition coefficient (Wildman–Crippen LogP) is 4.33. The maximum absolute atomic E-state index is 6.12. The van der Waals surface area contributed by atoms with E-state index in [9.17, 15) is 0 Å². The van der Waals surface area contributed by atoms with Gasteiger partial charge in [-0.1, -0.05) is 17.7 Å². The zero-order valence-electron chi connectivity index (χ0n) is 14.2. The lowest BCUT2D eigenvalue weighted by atomic mass is 10.2. The molecule has 25 heavy (non-hydrogen) atoms. The molecule has 1 heterocycles. The molecular weight excluding hydrogens is 342 g/mol. The molecule has 7 heteroatoms. The minimum atomic E-state index is 0.404. The molecule has 6 nitrogen and oxygen atoms in total. The van der Waals surface area contributed by atoms with Gasteiger partial charge in [-0.05, 0) is 42.8 Å². The summed E-state index contributed by atoms with van der Waals surface area (Å²) in [4.78, 5) is 0. The summed E-state index contributed by atoms with van der Waals surface area (Å²) in [6.07, 6.45) is 0. The van der Waals surface area contributed by atoms with Gasteiger partial charge < -0.3 is 19.2 Å². The number of hydrogen-bond donors (Lipinski definition) is 1. The Morgan fingerprint density at radius 2 is 1.88 bits per heavy atom. The van der Waals surface area contributed by atoms with Crippen molar-refractivity contribution in [2.75, 3.05) is 19.5 Å². The van der Waals surface area contributed by atoms with Crippen LogP contribution in [0.25, 0.3) is 11.5 Å². The van der Waals surface area contributed by atoms with Crippen LogP contribution < -0.4 is 14.8 Å². The van der Waals surface area contributed by atoms with Gasteiger partial charge in [-0.15, -0.1) is 10.2 Å². The first kappa shape index (κ1) is 17.1. The molecule has 0 amide bonds. The van der Waals surface area contributed by atoms with Gasteiger partial charge in [0.05, 0.1) is 20.8 Å². The fourth-order valence-corrected chi connectivity index (χ4v) is 2.56. The molecule has 0 saturated heterocycles. The number of nitrogens with one attached hydrogen (secondary N) is 1. The first-order valence-corrected chi connectivity index (χ1v) is 8.04. The lowest BCUT2D eigenvalue weighted by Crippen LogP contribution is -2.01. The summed E-state index contributed by atoms with van der Waals surface area (Å²) in [7, 11) is 3.17. The summed E-state index contributed by atoms with van der Waals surface area (Å²) in [6.45, 7) is 2.36. The molecule has 0 aliphatic rings. The van der Waals surface area contributed by atoms with Crippen molar-refractivity contribution in [1.29, 1.82) is 0 Å². The molecule has 2 aromatic carbocycles. The first-order chi connectivity index (χ1) is 12.1. The van der Waals surface area contributed by atoms with Gasteiger partial charge >= 0.3 is 0 Å². The molecule has 0 aliphatic carbocycles. The van der Waals surface area contributed by atoms with E-state index in [4.69, 9.17) is 25.5 Å². The monoisotopic (exact) mass is 359 g/mol. The van der Waals surface area contributed by atoms with E-state index in [1.54, 1.807) is 26.4 Å². The van der Waals surface area contributed by atoms with E-state index in [0.717, 1.165) is 16.8 Å². The maximum Gasteiger partial charge on any atom is 0.247 e. The van der Waals surface area contributed by atoms with Crippen LogP contribution >= 0.6 is 11.6 Å². The van der Waals surface area contributed by atoms with Crippen LogP contribution in [0.5, 0.6) is 11.5 Å². The molecule has 3 aromatic rings. The van der Waals surface area contributed by atoms with Crippen LogP contribution in [-0.4, -0.2) is 24.4 Å². The van der Waals surface area contributed by atoms with Crippen molar-refractivity contribution in [1.82, 2.24) is 10.2 Å². The van der Waals surface area contributed by atoms with E-state index in [1.807, 2.05) is 31.2 Å². The second-order valence-corrected chi connectivity index (χ2v) is 5.74. The zero-order chi connectivity index (χ0) is 17.8. The van der Waals surface area contributed by atoms with Crippen LogP contribution in [-0.2, 0) is 6.54 Å². The highest BCUT2D eigenvalue weighted by Crippen LogP contribution is 2.31. The number of aromatic nitrogens is 2. The average Bonchev–Trinajstić information content (AvgIpc) is 3.11. The fraction of sp³-hybridized carbons (Fsp3) is 0.222. The Morgan fingerprint density at radius 1 is 1.08 bits per heavy atom. The van der Waals surface area contributed by atoms with Crippen LogP contribution in [0.3, 0.4) is 0 Å². The molecule has 0 unspecified atom stereocenters. The number of rotatable bonds is 6. The Hall–Kier alpha value is -2.73. The van der Waals surface area contributed by atoms with E-state index >= 15 is 0 Å².